The van der Waals surface area contributed by atoms with Gasteiger partial charge in [-0.15, -0.1) is 0 Å². The molecule has 0 spiro atoms. The van der Waals surface area contributed by atoms with E-state index in [1.165, 1.54) is 27.5 Å². The van der Waals surface area contributed by atoms with Crippen LogP contribution in [0.4, 0.5) is 11.4 Å². The quantitative estimate of drug-likeness (QED) is 0.796. The molecule has 2 N–H and O–H groups in total. The number of nitrogens with zero attached hydrogens (tertiary/aromatic N) is 1. The van der Waals surface area contributed by atoms with Gasteiger partial charge in [0.1, 0.15) is 17.9 Å². The summed E-state index contributed by atoms with van der Waals surface area (Å²) in [4.78, 5) is 28.1. The normalized spacial score (nSPS) is 10.0. The molecule has 0 aliphatic heterocycles. The monoisotopic (exact) mass is 345 g/mol. The summed E-state index contributed by atoms with van der Waals surface area (Å²) in [5.41, 5.74) is 1.19. The average molecular weight is 345 g/mol. The Morgan fingerprint density at radius 2 is 1.88 bits per heavy atom. The van der Waals surface area contributed by atoms with E-state index in [9.17, 15) is 9.59 Å². The molecular formula is C17H19N3O5. The summed E-state index contributed by atoms with van der Waals surface area (Å²) >= 11 is 0. The lowest BCUT2D eigenvalue weighted by molar-refractivity contribution is -0.119. The number of rotatable bonds is 7. The molecule has 0 bridgehead atoms. The number of aromatic nitrogens is 1. The fourth-order valence-electron chi connectivity index (χ4n) is 2.13. The van der Waals surface area contributed by atoms with Gasteiger partial charge in [0.15, 0.2) is 0 Å². The van der Waals surface area contributed by atoms with Crippen molar-refractivity contribution in [3.05, 3.63) is 42.1 Å². The number of anilines is 2. The van der Waals surface area contributed by atoms with E-state index in [2.05, 4.69) is 15.6 Å². The van der Waals surface area contributed by atoms with Gasteiger partial charge >= 0.3 is 0 Å². The van der Waals surface area contributed by atoms with Crippen LogP contribution in [0.5, 0.6) is 11.6 Å². The van der Waals surface area contributed by atoms with Gasteiger partial charge < -0.3 is 24.8 Å². The summed E-state index contributed by atoms with van der Waals surface area (Å²) in [6.07, 6.45) is 1.53. The van der Waals surface area contributed by atoms with Gasteiger partial charge in [0.25, 0.3) is 5.91 Å². The van der Waals surface area contributed by atoms with E-state index in [0.29, 0.717) is 22.7 Å². The Kier molecular flexibility index (Phi) is 6.30. The van der Waals surface area contributed by atoms with Gasteiger partial charge in [0.2, 0.25) is 11.8 Å². The molecule has 0 atom stereocenters. The highest BCUT2D eigenvalue weighted by Gasteiger charge is 2.14. The van der Waals surface area contributed by atoms with Crippen LogP contribution >= 0.6 is 0 Å². The molecule has 2 aromatic rings. The zero-order valence-electron chi connectivity index (χ0n) is 14.2. The molecule has 0 unspecified atom stereocenters. The molecular weight excluding hydrogens is 326 g/mol. The van der Waals surface area contributed by atoms with Crippen LogP contribution in [0.25, 0.3) is 0 Å². The number of ether oxygens (including phenoxy) is 3. The van der Waals surface area contributed by atoms with Crippen molar-refractivity contribution in [2.45, 2.75) is 0 Å². The maximum Gasteiger partial charge on any atom is 0.261 e. The fourth-order valence-corrected chi connectivity index (χ4v) is 2.13. The first kappa shape index (κ1) is 18.2. The third kappa shape index (κ3) is 4.67. The van der Waals surface area contributed by atoms with Crippen molar-refractivity contribution in [2.24, 2.45) is 0 Å². The lowest BCUT2D eigenvalue weighted by Gasteiger charge is -2.13. The molecule has 1 aromatic heterocycles. The number of methoxy groups -OCH3 is 3. The van der Waals surface area contributed by atoms with Gasteiger partial charge in [-0.3, -0.25) is 9.59 Å². The zero-order valence-corrected chi connectivity index (χ0v) is 14.2. The highest BCUT2D eigenvalue weighted by molar-refractivity contribution is 6.06. The van der Waals surface area contributed by atoms with E-state index >= 15 is 0 Å². The second-order valence-electron chi connectivity index (χ2n) is 4.91. The third-order valence-corrected chi connectivity index (χ3v) is 3.22. The maximum absolute atomic E-state index is 12.4. The van der Waals surface area contributed by atoms with E-state index in [4.69, 9.17) is 14.2 Å². The summed E-state index contributed by atoms with van der Waals surface area (Å²) in [7, 11) is 4.35. The largest absolute Gasteiger partial charge is 0.495 e. The van der Waals surface area contributed by atoms with Gasteiger partial charge in [-0.1, -0.05) is 0 Å². The number of carbonyl (C=O) groups excluding carboxylic acids is 2. The van der Waals surface area contributed by atoms with Crippen LogP contribution in [0.3, 0.4) is 0 Å². The van der Waals surface area contributed by atoms with Crippen molar-refractivity contribution in [2.75, 3.05) is 38.6 Å². The zero-order chi connectivity index (χ0) is 18.2. The first-order valence-electron chi connectivity index (χ1n) is 7.36. The van der Waals surface area contributed by atoms with Gasteiger partial charge in [-0.25, -0.2) is 4.98 Å². The van der Waals surface area contributed by atoms with Crippen LogP contribution in [0, 0.1) is 0 Å². The van der Waals surface area contributed by atoms with Gasteiger partial charge in [-0.2, -0.15) is 0 Å². The molecule has 8 heteroatoms. The molecule has 0 aliphatic carbocycles. The molecule has 25 heavy (non-hydrogen) atoms. The van der Waals surface area contributed by atoms with Crippen LogP contribution < -0.4 is 20.1 Å². The Hall–Kier alpha value is -3.13. The average Bonchev–Trinajstić information content (AvgIpc) is 2.62. The van der Waals surface area contributed by atoms with Crippen molar-refractivity contribution < 1.29 is 23.8 Å². The number of hydrogen-bond donors (Lipinski definition) is 2. The van der Waals surface area contributed by atoms with Crippen LogP contribution in [-0.4, -0.2) is 44.7 Å². The van der Waals surface area contributed by atoms with Crippen molar-refractivity contribution in [3.63, 3.8) is 0 Å². The van der Waals surface area contributed by atoms with E-state index in [-0.39, 0.29) is 24.3 Å². The Morgan fingerprint density at radius 3 is 2.56 bits per heavy atom. The number of hydrogen-bond acceptors (Lipinski definition) is 6. The van der Waals surface area contributed by atoms with Gasteiger partial charge in [0.05, 0.1) is 19.9 Å². The number of amides is 2. The molecule has 2 amide bonds. The summed E-state index contributed by atoms with van der Waals surface area (Å²) in [6.45, 7) is -0.0907. The van der Waals surface area contributed by atoms with Crippen LogP contribution in [0.15, 0.2) is 36.5 Å². The third-order valence-electron chi connectivity index (χ3n) is 3.22. The van der Waals surface area contributed by atoms with E-state index in [1.54, 1.807) is 30.3 Å². The second kappa shape index (κ2) is 8.65. The van der Waals surface area contributed by atoms with E-state index < -0.39 is 0 Å². The predicted octanol–water partition coefficient (Wildman–Crippen LogP) is 1.94. The van der Waals surface area contributed by atoms with Crippen LogP contribution in [0.2, 0.25) is 0 Å². The van der Waals surface area contributed by atoms with Crippen LogP contribution in [-0.2, 0) is 9.53 Å². The molecule has 1 heterocycles. The highest BCUT2D eigenvalue weighted by Crippen LogP contribution is 2.28. The molecule has 2 rings (SSSR count). The minimum atomic E-state index is -0.385. The number of carbonyl (C=O) groups is 2. The minimum Gasteiger partial charge on any atom is -0.495 e. The van der Waals surface area contributed by atoms with E-state index in [0.717, 1.165) is 0 Å². The van der Waals surface area contributed by atoms with Crippen LogP contribution in [0.1, 0.15) is 10.4 Å². The van der Waals surface area contributed by atoms with Crippen molar-refractivity contribution in [1.29, 1.82) is 0 Å². The van der Waals surface area contributed by atoms with Crippen molar-refractivity contribution in [3.8, 4) is 11.6 Å². The smallest absolute Gasteiger partial charge is 0.261 e. The molecule has 0 saturated heterocycles. The Morgan fingerprint density at radius 1 is 1.08 bits per heavy atom. The summed E-state index contributed by atoms with van der Waals surface area (Å²) in [6, 6.07) is 8.13. The highest BCUT2D eigenvalue weighted by atomic mass is 16.5. The fraction of sp³-hybridized carbons (Fsp3) is 0.235. The molecule has 0 saturated carbocycles. The predicted molar refractivity (Wildman–Crippen MR) is 92.2 cm³/mol. The Bertz CT molecular complexity index is 764. The number of benzene rings is 1. The minimum absolute atomic E-state index is 0.0907. The van der Waals surface area contributed by atoms with Gasteiger partial charge in [-0.05, 0) is 30.3 Å². The first-order chi connectivity index (χ1) is 12.1. The standard InChI is InChI=1S/C17H19N3O5/c1-23-10-15(21)20-13-9-11(6-7-14(13)24-2)19-16(22)12-5-4-8-18-17(12)25-3/h4-9H,10H2,1-3H3,(H,19,22)(H,20,21). The molecule has 1 aromatic carbocycles. The lowest BCUT2D eigenvalue weighted by Crippen LogP contribution is -2.18. The first-order valence-corrected chi connectivity index (χ1v) is 7.36. The Balaban J connectivity index is 2.22. The molecule has 132 valence electrons. The maximum atomic E-state index is 12.4. The number of nitrogens with one attached hydrogen (secondary N) is 2. The number of pyridine rings is 1. The lowest BCUT2D eigenvalue weighted by atomic mass is 10.2. The SMILES string of the molecule is COCC(=O)Nc1cc(NC(=O)c2cccnc2OC)ccc1OC. The topological polar surface area (TPSA) is 98.8 Å². The molecule has 0 radical (unpaired) electrons. The van der Waals surface area contributed by atoms with Gasteiger partial charge in [0, 0.05) is 19.0 Å². The van der Waals surface area contributed by atoms with Crippen molar-refractivity contribution in [1.82, 2.24) is 4.98 Å². The molecule has 0 aliphatic rings. The summed E-state index contributed by atoms with van der Waals surface area (Å²) < 4.78 is 15.1. The summed E-state index contributed by atoms with van der Waals surface area (Å²) in [5, 5.41) is 5.39. The van der Waals surface area contributed by atoms with Crippen molar-refractivity contribution >= 4 is 23.2 Å². The Labute approximate surface area is 145 Å². The molecule has 8 nitrogen and oxygen atoms in total. The summed E-state index contributed by atoms with van der Waals surface area (Å²) in [5.74, 6) is -0.0361. The molecule has 0 fully saturated rings. The second-order valence-corrected chi connectivity index (χ2v) is 4.91. The van der Waals surface area contributed by atoms with E-state index in [1.807, 2.05) is 0 Å².